The zero-order chi connectivity index (χ0) is 16.7. The van der Waals surface area contributed by atoms with Gasteiger partial charge in [0.15, 0.2) is 0 Å². The summed E-state index contributed by atoms with van der Waals surface area (Å²) < 4.78 is 13.2. The number of hydrogen-bond donors (Lipinski definition) is 0. The van der Waals surface area contributed by atoms with Crippen molar-refractivity contribution in [2.24, 2.45) is 0 Å². The van der Waals surface area contributed by atoms with Crippen LogP contribution in [0.2, 0.25) is 5.02 Å². The summed E-state index contributed by atoms with van der Waals surface area (Å²) in [5.74, 6) is -0.970. The molecule has 0 saturated carbocycles. The van der Waals surface area contributed by atoms with Gasteiger partial charge in [-0.3, -0.25) is 9.59 Å². The van der Waals surface area contributed by atoms with Gasteiger partial charge in [0.05, 0.1) is 5.02 Å². The molecule has 0 aliphatic carbocycles. The second kappa shape index (κ2) is 8.73. The van der Waals surface area contributed by atoms with Gasteiger partial charge < -0.3 is 9.80 Å². The molecule has 122 valence electrons. The summed E-state index contributed by atoms with van der Waals surface area (Å²) in [5, 5.41) is -0.0739. The smallest absolute Gasteiger partial charge is 0.242 e. The van der Waals surface area contributed by atoms with Gasteiger partial charge in [0.2, 0.25) is 11.8 Å². The van der Waals surface area contributed by atoms with Crippen molar-refractivity contribution < 1.29 is 14.0 Å². The van der Waals surface area contributed by atoms with Crippen LogP contribution in [0, 0.1) is 5.82 Å². The molecule has 2 amide bonds. The molecule has 0 aromatic heterocycles. The summed E-state index contributed by atoms with van der Waals surface area (Å²) >= 11 is 5.75. The van der Waals surface area contributed by atoms with Crippen LogP contribution in [0.4, 0.5) is 10.1 Å². The Kier molecular flexibility index (Phi) is 7.32. The van der Waals surface area contributed by atoms with Crippen molar-refractivity contribution in [3.63, 3.8) is 0 Å². The molecule has 0 N–H and O–H groups in total. The molecule has 1 aromatic carbocycles. The molecule has 0 bridgehead atoms. The van der Waals surface area contributed by atoms with E-state index in [1.54, 1.807) is 4.90 Å². The summed E-state index contributed by atoms with van der Waals surface area (Å²) in [5.41, 5.74) is 0.417. The Labute approximate surface area is 135 Å². The highest BCUT2D eigenvalue weighted by atomic mass is 35.5. The molecule has 0 spiro atoms. The second-order valence-electron chi connectivity index (χ2n) is 5.08. The fraction of sp³-hybridized carbons (Fsp3) is 0.500. The van der Waals surface area contributed by atoms with Gasteiger partial charge in [0.25, 0.3) is 0 Å². The maximum atomic E-state index is 13.2. The minimum atomic E-state index is -0.557. The van der Waals surface area contributed by atoms with Crippen molar-refractivity contribution in [3.8, 4) is 0 Å². The van der Waals surface area contributed by atoms with Gasteiger partial charge >= 0.3 is 0 Å². The third-order valence-electron chi connectivity index (χ3n) is 3.23. The number of carbonyl (C=O) groups is 2. The summed E-state index contributed by atoms with van der Waals surface area (Å²) in [6, 6.07) is 3.99. The van der Waals surface area contributed by atoms with Crippen LogP contribution >= 0.6 is 11.6 Å². The minimum absolute atomic E-state index is 0.0721. The van der Waals surface area contributed by atoms with Crippen molar-refractivity contribution in [2.75, 3.05) is 24.5 Å². The van der Waals surface area contributed by atoms with Crippen LogP contribution in [-0.4, -0.2) is 36.3 Å². The Balaban J connectivity index is 2.93. The highest BCUT2D eigenvalue weighted by Crippen LogP contribution is 2.23. The van der Waals surface area contributed by atoms with Gasteiger partial charge in [-0.1, -0.05) is 25.4 Å². The molecule has 0 saturated heterocycles. The van der Waals surface area contributed by atoms with Crippen molar-refractivity contribution in [2.45, 2.75) is 33.6 Å². The van der Waals surface area contributed by atoms with Crippen LogP contribution < -0.4 is 4.90 Å². The Morgan fingerprint density at radius 2 is 1.77 bits per heavy atom. The van der Waals surface area contributed by atoms with E-state index in [2.05, 4.69) is 0 Å². The fourth-order valence-electron chi connectivity index (χ4n) is 2.17. The average molecular weight is 329 g/mol. The molecule has 0 aliphatic heterocycles. The number of rotatable bonds is 7. The summed E-state index contributed by atoms with van der Waals surface area (Å²) in [7, 11) is 0. The monoisotopic (exact) mass is 328 g/mol. The number of benzene rings is 1. The summed E-state index contributed by atoms with van der Waals surface area (Å²) in [6.45, 7) is 6.61. The highest BCUT2D eigenvalue weighted by molar-refractivity contribution is 6.31. The summed E-state index contributed by atoms with van der Waals surface area (Å²) in [6.07, 6.45) is 1.71. The van der Waals surface area contributed by atoms with Crippen LogP contribution in [0.3, 0.4) is 0 Å². The van der Waals surface area contributed by atoms with Crippen LogP contribution in [0.15, 0.2) is 18.2 Å². The van der Waals surface area contributed by atoms with E-state index in [1.807, 2.05) is 13.8 Å². The SMILES string of the molecule is CCCN(CCC)C(=O)CN(C(C)=O)c1ccc(F)c(Cl)c1. The zero-order valence-electron chi connectivity index (χ0n) is 13.2. The molecule has 1 rings (SSSR count). The van der Waals surface area contributed by atoms with Crippen molar-refractivity contribution in [3.05, 3.63) is 29.0 Å². The largest absolute Gasteiger partial charge is 0.341 e. The Bertz CT molecular complexity index is 531. The number of halogens is 2. The van der Waals surface area contributed by atoms with Gasteiger partial charge in [-0.25, -0.2) is 4.39 Å². The number of amides is 2. The Morgan fingerprint density at radius 3 is 2.23 bits per heavy atom. The average Bonchev–Trinajstić information content (AvgIpc) is 2.47. The van der Waals surface area contributed by atoms with E-state index in [0.717, 1.165) is 12.8 Å². The van der Waals surface area contributed by atoms with Crippen molar-refractivity contribution >= 4 is 29.1 Å². The van der Waals surface area contributed by atoms with E-state index >= 15 is 0 Å². The predicted molar refractivity (Wildman–Crippen MR) is 86.6 cm³/mol. The first-order chi connectivity index (χ1) is 10.4. The van der Waals surface area contributed by atoms with Crippen LogP contribution in [0.1, 0.15) is 33.6 Å². The molecule has 0 unspecified atom stereocenters. The lowest BCUT2D eigenvalue weighted by molar-refractivity contribution is -0.131. The van der Waals surface area contributed by atoms with E-state index in [9.17, 15) is 14.0 Å². The van der Waals surface area contributed by atoms with Crippen LogP contribution in [0.25, 0.3) is 0 Å². The van der Waals surface area contributed by atoms with Gasteiger partial charge in [-0.05, 0) is 31.0 Å². The normalized spacial score (nSPS) is 10.4. The quantitative estimate of drug-likeness (QED) is 0.769. The molecular weight excluding hydrogens is 307 g/mol. The lowest BCUT2D eigenvalue weighted by Crippen LogP contribution is -2.43. The Morgan fingerprint density at radius 1 is 1.18 bits per heavy atom. The molecule has 0 heterocycles. The van der Waals surface area contributed by atoms with Gasteiger partial charge in [-0.2, -0.15) is 0 Å². The molecule has 4 nitrogen and oxygen atoms in total. The van der Waals surface area contributed by atoms with Gasteiger partial charge in [0.1, 0.15) is 12.4 Å². The third kappa shape index (κ3) is 4.98. The molecule has 1 aromatic rings. The zero-order valence-corrected chi connectivity index (χ0v) is 14.0. The van der Waals surface area contributed by atoms with Gasteiger partial charge in [-0.15, -0.1) is 0 Å². The molecule has 0 atom stereocenters. The minimum Gasteiger partial charge on any atom is -0.341 e. The highest BCUT2D eigenvalue weighted by Gasteiger charge is 2.20. The van der Waals surface area contributed by atoms with Crippen molar-refractivity contribution in [1.29, 1.82) is 0 Å². The molecule has 0 aliphatic rings. The lowest BCUT2D eigenvalue weighted by Gasteiger charge is -2.26. The topological polar surface area (TPSA) is 40.6 Å². The number of nitrogens with zero attached hydrogens (tertiary/aromatic N) is 2. The van der Waals surface area contributed by atoms with Gasteiger partial charge in [0, 0.05) is 25.7 Å². The number of hydrogen-bond acceptors (Lipinski definition) is 2. The molecule has 0 fully saturated rings. The first-order valence-corrected chi connectivity index (χ1v) is 7.79. The predicted octanol–water partition coefficient (Wildman–Crippen LogP) is 3.48. The second-order valence-corrected chi connectivity index (χ2v) is 5.49. The van der Waals surface area contributed by atoms with E-state index in [4.69, 9.17) is 11.6 Å². The lowest BCUT2D eigenvalue weighted by atomic mass is 10.2. The van der Waals surface area contributed by atoms with Crippen LogP contribution in [-0.2, 0) is 9.59 Å². The van der Waals surface area contributed by atoms with E-state index in [0.29, 0.717) is 18.8 Å². The third-order valence-corrected chi connectivity index (χ3v) is 3.52. The first kappa shape index (κ1) is 18.4. The molecule has 22 heavy (non-hydrogen) atoms. The van der Waals surface area contributed by atoms with E-state index in [-0.39, 0.29) is 23.4 Å². The molecule has 6 heteroatoms. The van der Waals surface area contributed by atoms with E-state index in [1.165, 1.54) is 30.0 Å². The number of anilines is 1. The van der Waals surface area contributed by atoms with E-state index < -0.39 is 5.82 Å². The van der Waals surface area contributed by atoms with Crippen LogP contribution in [0.5, 0.6) is 0 Å². The molecule has 0 radical (unpaired) electrons. The first-order valence-electron chi connectivity index (χ1n) is 7.41. The maximum absolute atomic E-state index is 13.2. The Hall–Kier alpha value is -1.62. The number of carbonyl (C=O) groups excluding carboxylic acids is 2. The van der Waals surface area contributed by atoms with Crippen molar-refractivity contribution in [1.82, 2.24) is 4.90 Å². The maximum Gasteiger partial charge on any atom is 0.242 e. The fourth-order valence-corrected chi connectivity index (χ4v) is 2.35. The standard InChI is InChI=1S/C16H22ClFN2O2/c1-4-8-19(9-5-2)16(22)11-20(12(3)21)13-6-7-15(18)14(17)10-13/h6-7,10H,4-5,8-9,11H2,1-3H3. The molecular formula is C16H22ClFN2O2. The summed E-state index contributed by atoms with van der Waals surface area (Å²) in [4.78, 5) is 27.3.